The number of likely N-dealkylation sites (tertiary alicyclic amines) is 1. The lowest BCUT2D eigenvalue weighted by atomic mass is 9.81. The van der Waals surface area contributed by atoms with E-state index in [9.17, 15) is 4.79 Å². The number of nitrogens with zero attached hydrogens (tertiary/aromatic N) is 5. The average Bonchev–Trinajstić information content (AvgIpc) is 2.88. The number of carboxylic acid groups (broad SMARTS) is 1. The fourth-order valence-electron chi connectivity index (χ4n) is 3.83. The summed E-state index contributed by atoms with van der Waals surface area (Å²) in [6.07, 6.45) is 4.21. The van der Waals surface area contributed by atoms with Gasteiger partial charge in [0.25, 0.3) is 0 Å². The normalized spacial score (nSPS) is 34.1. The van der Waals surface area contributed by atoms with E-state index in [0.29, 0.717) is 6.04 Å². The molecule has 0 aliphatic carbocycles. The molecule has 108 valence electrons. The van der Waals surface area contributed by atoms with Gasteiger partial charge in [-0.25, -0.2) is 9.48 Å². The Hall–Kier alpha value is -1.47. The molecule has 1 unspecified atom stereocenters. The Kier molecular flexibility index (Phi) is 2.78. The van der Waals surface area contributed by atoms with Crippen LogP contribution < -0.4 is 0 Å². The Morgan fingerprint density at radius 1 is 1.25 bits per heavy atom. The minimum absolute atomic E-state index is 0.0336. The summed E-state index contributed by atoms with van der Waals surface area (Å²) in [5.41, 5.74) is 0.0336. The van der Waals surface area contributed by atoms with Crippen molar-refractivity contribution in [3.05, 3.63) is 11.9 Å². The molecule has 7 heteroatoms. The summed E-state index contributed by atoms with van der Waals surface area (Å²) in [6, 6.07) is 0.974. The van der Waals surface area contributed by atoms with Gasteiger partial charge in [0, 0.05) is 25.7 Å². The number of aromatic carboxylic acids is 1. The van der Waals surface area contributed by atoms with Gasteiger partial charge in [-0.05, 0) is 31.8 Å². The van der Waals surface area contributed by atoms with Crippen LogP contribution in [0.4, 0.5) is 0 Å². The summed E-state index contributed by atoms with van der Waals surface area (Å²) in [5.74, 6) is -0.156. The molecule has 0 radical (unpaired) electrons. The third kappa shape index (κ3) is 1.92. The molecule has 1 N–H and O–H groups in total. The fourth-order valence-corrected chi connectivity index (χ4v) is 3.83. The molecule has 20 heavy (non-hydrogen) atoms. The lowest BCUT2D eigenvalue weighted by Crippen LogP contribution is -2.63. The zero-order valence-corrected chi connectivity index (χ0v) is 11.4. The highest BCUT2D eigenvalue weighted by atomic mass is 16.4. The van der Waals surface area contributed by atoms with Crippen LogP contribution in [-0.4, -0.2) is 74.6 Å². The van der Waals surface area contributed by atoms with E-state index in [4.69, 9.17) is 5.11 Å². The van der Waals surface area contributed by atoms with E-state index in [1.807, 2.05) is 0 Å². The Morgan fingerprint density at radius 2 is 2.00 bits per heavy atom. The fraction of sp³-hybridized carbons (Fsp3) is 0.769. The van der Waals surface area contributed by atoms with Gasteiger partial charge in [-0.3, -0.25) is 4.90 Å². The van der Waals surface area contributed by atoms with Gasteiger partial charge in [-0.2, -0.15) is 0 Å². The van der Waals surface area contributed by atoms with Gasteiger partial charge in [-0.15, -0.1) is 5.10 Å². The molecule has 5 rings (SSSR count). The standard InChI is InChI=1S/C13H19N5O2/c19-13(20)11-7-18(15-14-11)10-5-17(6-10)12-8-16-3-1-9(12)2-4-16/h7,9-10,12H,1-6,8H2,(H,19,20). The summed E-state index contributed by atoms with van der Waals surface area (Å²) in [7, 11) is 0. The minimum atomic E-state index is -1.01. The van der Waals surface area contributed by atoms with E-state index in [1.54, 1.807) is 10.9 Å². The van der Waals surface area contributed by atoms with Gasteiger partial charge < -0.3 is 10.0 Å². The number of rotatable bonds is 3. The van der Waals surface area contributed by atoms with E-state index in [0.717, 1.165) is 19.0 Å². The Labute approximate surface area is 117 Å². The molecular weight excluding hydrogens is 258 g/mol. The average molecular weight is 277 g/mol. The van der Waals surface area contributed by atoms with Gasteiger partial charge in [0.1, 0.15) is 0 Å². The topological polar surface area (TPSA) is 74.5 Å². The number of hydrogen-bond acceptors (Lipinski definition) is 5. The zero-order chi connectivity index (χ0) is 13.7. The summed E-state index contributed by atoms with van der Waals surface area (Å²) >= 11 is 0. The summed E-state index contributed by atoms with van der Waals surface area (Å²) in [4.78, 5) is 15.9. The largest absolute Gasteiger partial charge is 0.476 e. The van der Waals surface area contributed by atoms with Gasteiger partial charge in [0.15, 0.2) is 5.69 Å². The predicted octanol–water partition coefficient (Wildman–Crippen LogP) is -0.0728. The monoisotopic (exact) mass is 277 g/mol. The smallest absolute Gasteiger partial charge is 0.358 e. The first kappa shape index (κ1) is 12.3. The second-order valence-corrected chi connectivity index (χ2v) is 6.20. The zero-order valence-electron chi connectivity index (χ0n) is 11.4. The molecule has 2 bridgehead atoms. The third-order valence-electron chi connectivity index (χ3n) is 5.08. The predicted molar refractivity (Wildman–Crippen MR) is 70.5 cm³/mol. The summed E-state index contributed by atoms with van der Waals surface area (Å²) in [5, 5.41) is 16.5. The van der Waals surface area contributed by atoms with E-state index in [1.165, 1.54) is 32.5 Å². The van der Waals surface area contributed by atoms with Gasteiger partial charge >= 0.3 is 5.97 Å². The number of fused-ring (bicyclic) bond motifs is 3. The number of carbonyl (C=O) groups is 1. The molecule has 0 amide bonds. The van der Waals surface area contributed by atoms with Crippen LogP contribution in [0.3, 0.4) is 0 Å². The Bertz CT molecular complexity index is 517. The van der Waals surface area contributed by atoms with E-state index in [2.05, 4.69) is 20.1 Å². The SMILES string of the molecule is O=C(O)c1cn(C2CN(C3CN4CCC3CC4)C2)nn1. The first-order chi connectivity index (χ1) is 9.70. The van der Waals surface area contributed by atoms with Gasteiger partial charge in [0.05, 0.1) is 12.2 Å². The first-order valence-electron chi connectivity index (χ1n) is 7.32. The van der Waals surface area contributed by atoms with Crippen molar-refractivity contribution in [1.82, 2.24) is 24.8 Å². The molecule has 0 saturated carbocycles. The van der Waals surface area contributed by atoms with Crippen molar-refractivity contribution in [3.63, 3.8) is 0 Å². The van der Waals surface area contributed by atoms with Crippen LogP contribution in [0.5, 0.6) is 0 Å². The van der Waals surface area contributed by atoms with Gasteiger partial charge in [-0.1, -0.05) is 5.21 Å². The minimum Gasteiger partial charge on any atom is -0.476 e. The number of carboxylic acids is 1. The van der Waals surface area contributed by atoms with Crippen LogP contribution in [0.15, 0.2) is 6.20 Å². The molecule has 4 aliphatic heterocycles. The van der Waals surface area contributed by atoms with Gasteiger partial charge in [0.2, 0.25) is 0 Å². The highest BCUT2D eigenvalue weighted by Gasteiger charge is 2.42. The molecule has 1 atom stereocenters. The maximum Gasteiger partial charge on any atom is 0.358 e. The third-order valence-corrected chi connectivity index (χ3v) is 5.08. The van der Waals surface area contributed by atoms with Crippen molar-refractivity contribution in [2.24, 2.45) is 5.92 Å². The summed E-state index contributed by atoms with van der Waals surface area (Å²) in [6.45, 7) is 5.68. The molecule has 0 aromatic carbocycles. The summed E-state index contributed by atoms with van der Waals surface area (Å²) < 4.78 is 1.71. The maximum absolute atomic E-state index is 10.8. The quantitative estimate of drug-likeness (QED) is 0.833. The second-order valence-electron chi connectivity index (χ2n) is 6.20. The van der Waals surface area contributed by atoms with Crippen molar-refractivity contribution in [2.75, 3.05) is 32.7 Å². The van der Waals surface area contributed by atoms with Crippen molar-refractivity contribution < 1.29 is 9.90 Å². The molecule has 1 aromatic rings. The van der Waals surface area contributed by atoms with Crippen LogP contribution in [-0.2, 0) is 0 Å². The van der Waals surface area contributed by atoms with Crippen LogP contribution in [0, 0.1) is 5.92 Å². The second kappa shape index (κ2) is 4.53. The molecule has 4 aliphatic rings. The van der Waals surface area contributed by atoms with Crippen molar-refractivity contribution in [3.8, 4) is 0 Å². The highest BCUT2D eigenvalue weighted by Crippen LogP contribution is 2.35. The van der Waals surface area contributed by atoms with E-state index in [-0.39, 0.29) is 11.7 Å². The van der Waals surface area contributed by atoms with Crippen LogP contribution in [0.1, 0.15) is 29.4 Å². The molecule has 4 fully saturated rings. The van der Waals surface area contributed by atoms with Crippen molar-refractivity contribution in [1.29, 1.82) is 0 Å². The van der Waals surface area contributed by atoms with Crippen LogP contribution in [0.2, 0.25) is 0 Å². The first-order valence-corrected chi connectivity index (χ1v) is 7.32. The number of piperidine rings is 3. The molecular formula is C13H19N5O2. The maximum atomic E-state index is 10.8. The van der Waals surface area contributed by atoms with Crippen molar-refractivity contribution in [2.45, 2.75) is 24.9 Å². The molecule has 1 aromatic heterocycles. The Balaban J connectivity index is 1.38. The Morgan fingerprint density at radius 3 is 2.55 bits per heavy atom. The highest BCUT2D eigenvalue weighted by molar-refractivity contribution is 5.84. The molecule has 5 heterocycles. The van der Waals surface area contributed by atoms with Crippen LogP contribution >= 0.6 is 0 Å². The number of aromatic nitrogens is 3. The lowest BCUT2D eigenvalue weighted by Gasteiger charge is -2.53. The number of hydrogen-bond donors (Lipinski definition) is 1. The molecule has 0 spiro atoms. The van der Waals surface area contributed by atoms with E-state index >= 15 is 0 Å². The lowest BCUT2D eigenvalue weighted by molar-refractivity contribution is -0.0445. The van der Waals surface area contributed by atoms with E-state index < -0.39 is 5.97 Å². The molecule has 7 nitrogen and oxygen atoms in total. The van der Waals surface area contributed by atoms with Crippen LogP contribution in [0.25, 0.3) is 0 Å². The molecule has 4 saturated heterocycles. The van der Waals surface area contributed by atoms with Crippen molar-refractivity contribution >= 4 is 5.97 Å².